The summed E-state index contributed by atoms with van der Waals surface area (Å²) in [5.41, 5.74) is 1.67. The number of nitrogens with zero attached hydrogens (tertiary/aromatic N) is 3. The number of rotatable bonds is 7. The predicted octanol–water partition coefficient (Wildman–Crippen LogP) is 6.79. The second kappa shape index (κ2) is 10.00. The number of nitrogens with one attached hydrogen (secondary N) is 1. The third-order valence-corrected chi connectivity index (χ3v) is 5.65. The van der Waals surface area contributed by atoms with Crippen molar-refractivity contribution in [3.8, 4) is 22.5 Å². The molecule has 0 spiro atoms. The molecule has 0 bridgehead atoms. The molecule has 1 N–H and O–H groups in total. The maximum Gasteiger partial charge on any atom is 0.416 e. The van der Waals surface area contributed by atoms with E-state index in [4.69, 9.17) is 9.97 Å². The SMILES string of the molecule is Cc1ccc2c(NCCCN(C)C)nc(-c3cccc(-c4cc(C(F)(F)F)ccc4F)c3)nc2c1. The molecule has 182 valence electrons. The lowest BCUT2D eigenvalue weighted by molar-refractivity contribution is -0.137. The van der Waals surface area contributed by atoms with Crippen LogP contribution in [0.25, 0.3) is 33.4 Å². The minimum Gasteiger partial charge on any atom is -0.369 e. The highest BCUT2D eigenvalue weighted by molar-refractivity contribution is 5.91. The van der Waals surface area contributed by atoms with Crippen molar-refractivity contribution in [2.24, 2.45) is 0 Å². The summed E-state index contributed by atoms with van der Waals surface area (Å²) in [4.78, 5) is 11.5. The Morgan fingerprint density at radius 3 is 2.43 bits per heavy atom. The Labute approximate surface area is 201 Å². The molecule has 0 aliphatic heterocycles. The van der Waals surface area contributed by atoms with Gasteiger partial charge in [-0.25, -0.2) is 14.4 Å². The van der Waals surface area contributed by atoms with Crippen LogP contribution in [0.3, 0.4) is 0 Å². The van der Waals surface area contributed by atoms with Crippen molar-refractivity contribution in [3.05, 3.63) is 77.6 Å². The molecule has 0 saturated carbocycles. The number of hydrogen-bond acceptors (Lipinski definition) is 4. The second-order valence-electron chi connectivity index (χ2n) is 8.77. The maximum atomic E-state index is 14.5. The minimum absolute atomic E-state index is 0.125. The van der Waals surface area contributed by atoms with Crippen LogP contribution in [0.5, 0.6) is 0 Å². The summed E-state index contributed by atoms with van der Waals surface area (Å²) in [5.74, 6) is 0.361. The number of fused-ring (bicyclic) bond motifs is 1. The normalized spacial score (nSPS) is 11.9. The first-order valence-electron chi connectivity index (χ1n) is 11.3. The zero-order chi connectivity index (χ0) is 25.2. The van der Waals surface area contributed by atoms with E-state index in [-0.39, 0.29) is 5.56 Å². The van der Waals surface area contributed by atoms with Gasteiger partial charge in [0.15, 0.2) is 5.82 Å². The fraction of sp³-hybridized carbons (Fsp3) is 0.259. The summed E-state index contributed by atoms with van der Waals surface area (Å²) in [7, 11) is 4.03. The van der Waals surface area contributed by atoms with Crippen LogP contribution >= 0.6 is 0 Å². The van der Waals surface area contributed by atoms with Gasteiger partial charge in [-0.05, 0) is 81.5 Å². The fourth-order valence-electron chi connectivity index (χ4n) is 3.85. The summed E-state index contributed by atoms with van der Waals surface area (Å²) in [6.45, 7) is 3.61. The van der Waals surface area contributed by atoms with Crippen molar-refractivity contribution in [2.75, 3.05) is 32.5 Å². The monoisotopic (exact) mass is 482 g/mol. The Morgan fingerprint density at radius 1 is 0.914 bits per heavy atom. The highest BCUT2D eigenvalue weighted by atomic mass is 19.4. The maximum absolute atomic E-state index is 14.5. The van der Waals surface area contributed by atoms with E-state index in [1.807, 2.05) is 39.2 Å². The first kappa shape index (κ1) is 24.6. The van der Waals surface area contributed by atoms with Gasteiger partial charge >= 0.3 is 6.18 Å². The number of aryl methyl sites for hydroxylation is 1. The molecule has 0 radical (unpaired) electrons. The molecule has 35 heavy (non-hydrogen) atoms. The third kappa shape index (κ3) is 5.77. The van der Waals surface area contributed by atoms with Crippen LogP contribution in [0.4, 0.5) is 23.4 Å². The summed E-state index contributed by atoms with van der Waals surface area (Å²) in [5, 5.41) is 4.27. The highest BCUT2D eigenvalue weighted by Gasteiger charge is 2.31. The van der Waals surface area contributed by atoms with Gasteiger partial charge < -0.3 is 10.2 Å². The van der Waals surface area contributed by atoms with Gasteiger partial charge in [-0.1, -0.05) is 24.3 Å². The van der Waals surface area contributed by atoms with Crippen LogP contribution in [0.15, 0.2) is 60.7 Å². The Balaban J connectivity index is 1.75. The molecule has 0 atom stereocenters. The summed E-state index contributed by atoms with van der Waals surface area (Å²) in [6.07, 6.45) is -3.64. The van der Waals surface area contributed by atoms with Crippen LogP contribution in [-0.2, 0) is 6.18 Å². The van der Waals surface area contributed by atoms with E-state index in [0.717, 1.165) is 47.6 Å². The van der Waals surface area contributed by atoms with Crippen molar-refractivity contribution in [1.82, 2.24) is 14.9 Å². The Bertz CT molecular complexity index is 1350. The number of benzene rings is 3. The molecule has 0 aliphatic rings. The number of anilines is 1. The predicted molar refractivity (Wildman–Crippen MR) is 132 cm³/mol. The van der Waals surface area contributed by atoms with E-state index in [1.54, 1.807) is 24.3 Å². The molecule has 4 aromatic rings. The molecule has 0 aliphatic carbocycles. The fourth-order valence-corrected chi connectivity index (χ4v) is 3.85. The van der Waals surface area contributed by atoms with Gasteiger partial charge in [0.2, 0.25) is 0 Å². The highest BCUT2D eigenvalue weighted by Crippen LogP contribution is 2.35. The van der Waals surface area contributed by atoms with Crippen LogP contribution in [-0.4, -0.2) is 42.1 Å². The van der Waals surface area contributed by atoms with E-state index >= 15 is 0 Å². The second-order valence-corrected chi connectivity index (χ2v) is 8.77. The summed E-state index contributed by atoms with van der Waals surface area (Å²) in [6, 6.07) is 15.0. The van der Waals surface area contributed by atoms with Crippen molar-refractivity contribution >= 4 is 16.7 Å². The molecular weight excluding hydrogens is 456 g/mol. The van der Waals surface area contributed by atoms with Crippen molar-refractivity contribution in [1.29, 1.82) is 0 Å². The van der Waals surface area contributed by atoms with Gasteiger partial charge in [-0.2, -0.15) is 13.2 Å². The van der Waals surface area contributed by atoms with Gasteiger partial charge in [0, 0.05) is 23.1 Å². The van der Waals surface area contributed by atoms with Crippen LogP contribution < -0.4 is 5.32 Å². The molecule has 3 aromatic carbocycles. The summed E-state index contributed by atoms with van der Waals surface area (Å²) < 4.78 is 54.1. The van der Waals surface area contributed by atoms with Crippen LogP contribution in [0, 0.1) is 12.7 Å². The summed E-state index contributed by atoms with van der Waals surface area (Å²) >= 11 is 0. The lowest BCUT2D eigenvalue weighted by Gasteiger charge is -2.14. The molecule has 0 amide bonds. The largest absolute Gasteiger partial charge is 0.416 e. The Hall–Kier alpha value is -3.52. The molecule has 8 heteroatoms. The molecule has 0 fully saturated rings. The average Bonchev–Trinajstić information content (AvgIpc) is 2.80. The van der Waals surface area contributed by atoms with Crippen LogP contribution in [0.1, 0.15) is 17.5 Å². The molecule has 1 heterocycles. The smallest absolute Gasteiger partial charge is 0.369 e. The first-order valence-corrected chi connectivity index (χ1v) is 11.3. The Morgan fingerprint density at radius 2 is 1.69 bits per heavy atom. The third-order valence-electron chi connectivity index (χ3n) is 5.65. The van der Waals surface area contributed by atoms with E-state index in [9.17, 15) is 17.6 Å². The molecule has 4 rings (SSSR count). The van der Waals surface area contributed by atoms with Crippen molar-refractivity contribution < 1.29 is 17.6 Å². The minimum atomic E-state index is -4.56. The Kier molecular flexibility index (Phi) is 7.03. The quantitative estimate of drug-likeness (QED) is 0.233. The molecular formula is C27H26F4N4. The van der Waals surface area contributed by atoms with E-state index < -0.39 is 17.6 Å². The number of halogens is 4. The number of hydrogen-bond donors (Lipinski definition) is 1. The molecule has 0 saturated heterocycles. The number of aromatic nitrogens is 2. The lowest BCUT2D eigenvalue weighted by atomic mass is 10.00. The lowest BCUT2D eigenvalue weighted by Crippen LogP contribution is -2.17. The van der Waals surface area contributed by atoms with Crippen molar-refractivity contribution in [3.63, 3.8) is 0 Å². The molecule has 1 aromatic heterocycles. The van der Waals surface area contributed by atoms with Gasteiger partial charge in [0.1, 0.15) is 11.6 Å². The molecule has 4 nitrogen and oxygen atoms in total. The van der Waals surface area contributed by atoms with Gasteiger partial charge in [0.05, 0.1) is 11.1 Å². The van der Waals surface area contributed by atoms with Gasteiger partial charge in [0.25, 0.3) is 0 Å². The van der Waals surface area contributed by atoms with E-state index in [1.165, 1.54) is 0 Å². The zero-order valence-electron chi connectivity index (χ0n) is 19.7. The molecule has 0 unspecified atom stereocenters. The first-order chi connectivity index (χ1) is 16.6. The zero-order valence-corrected chi connectivity index (χ0v) is 19.7. The standard InChI is InChI=1S/C27H26F4N4/c1-17-8-10-21-24(14-17)33-25(34-26(21)32-12-5-13-35(2)3)19-7-4-6-18(15-19)22-16-20(27(29,30)31)9-11-23(22)28/h4,6-11,14-16H,5,12-13H2,1-3H3,(H,32,33,34). The van der Waals surface area contributed by atoms with E-state index in [2.05, 4.69) is 10.2 Å². The van der Waals surface area contributed by atoms with Crippen molar-refractivity contribution in [2.45, 2.75) is 19.5 Å². The van der Waals surface area contributed by atoms with E-state index in [0.29, 0.717) is 29.3 Å². The topological polar surface area (TPSA) is 41.0 Å². The van der Waals surface area contributed by atoms with Gasteiger partial charge in [-0.3, -0.25) is 0 Å². The number of alkyl halides is 3. The van der Waals surface area contributed by atoms with Crippen LogP contribution in [0.2, 0.25) is 0 Å². The average molecular weight is 483 g/mol. The van der Waals surface area contributed by atoms with Gasteiger partial charge in [-0.15, -0.1) is 0 Å².